The third kappa shape index (κ3) is 2.99. The number of hydrogen-bond acceptors (Lipinski definition) is 3. The Morgan fingerprint density at radius 1 is 1.79 bits per heavy atom. The molecular formula is C9H17N3O2. The van der Waals surface area contributed by atoms with Crippen molar-refractivity contribution in [2.45, 2.75) is 38.3 Å². The maximum atomic E-state index is 11.4. The molecule has 1 unspecified atom stereocenters. The molecule has 1 aliphatic rings. The summed E-state index contributed by atoms with van der Waals surface area (Å²) in [5.74, 6) is -0.173. The van der Waals surface area contributed by atoms with Gasteiger partial charge in [0.15, 0.2) is 0 Å². The molecule has 5 heteroatoms. The van der Waals surface area contributed by atoms with E-state index >= 15 is 0 Å². The second kappa shape index (κ2) is 4.95. The van der Waals surface area contributed by atoms with Crippen LogP contribution in [0.25, 0.3) is 0 Å². The Hall–Kier alpha value is -1.10. The van der Waals surface area contributed by atoms with Crippen molar-refractivity contribution in [3.05, 3.63) is 0 Å². The van der Waals surface area contributed by atoms with Crippen LogP contribution in [0.2, 0.25) is 0 Å². The lowest BCUT2D eigenvalue weighted by Gasteiger charge is -2.14. The summed E-state index contributed by atoms with van der Waals surface area (Å²) in [6, 6.07) is -0.534. The van der Waals surface area contributed by atoms with E-state index in [1.54, 1.807) is 0 Å². The van der Waals surface area contributed by atoms with Crippen LogP contribution in [0.15, 0.2) is 0 Å². The summed E-state index contributed by atoms with van der Waals surface area (Å²) in [5.41, 5.74) is 5.62. The number of carbonyl (C=O) groups is 2. The van der Waals surface area contributed by atoms with Gasteiger partial charge in [0.2, 0.25) is 11.8 Å². The van der Waals surface area contributed by atoms with E-state index in [-0.39, 0.29) is 17.9 Å². The Balaban J connectivity index is 2.29. The number of hydrogen-bond donors (Lipinski definition) is 3. The van der Waals surface area contributed by atoms with Crippen LogP contribution in [0, 0.1) is 0 Å². The number of nitrogens with two attached hydrogens (primary N) is 1. The summed E-state index contributed by atoms with van der Waals surface area (Å²) < 4.78 is 0. The van der Waals surface area contributed by atoms with E-state index in [0.717, 1.165) is 6.42 Å². The lowest BCUT2D eigenvalue weighted by molar-refractivity contribution is -0.123. The van der Waals surface area contributed by atoms with Crippen LogP contribution in [-0.4, -0.2) is 30.4 Å². The fraction of sp³-hybridized carbons (Fsp3) is 0.778. The first-order valence-electron chi connectivity index (χ1n) is 4.96. The quantitative estimate of drug-likeness (QED) is 0.549. The molecule has 0 aromatic rings. The molecule has 2 atom stereocenters. The van der Waals surface area contributed by atoms with Gasteiger partial charge in [-0.2, -0.15) is 0 Å². The minimum Gasteiger partial charge on any atom is -0.354 e. The van der Waals surface area contributed by atoms with Crippen molar-refractivity contribution in [2.24, 2.45) is 5.73 Å². The molecule has 0 bridgehead atoms. The Bertz CT molecular complexity index is 230. The Labute approximate surface area is 83.4 Å². The zero-order valence-electron chi connectivity index (χ0n) is 8.38. The van der Waals surface area contributed by atoms with Gasteiger partial charge >= 0.3 is 0 Å². The molecule has 1 aliphatic heterocycles. The fourth-order valence-electron chi connectivity index (χ4n) is 1.46. The van der Waals surface area contributed by atoms with E-state index in [1.165, 1.54) is 0 Å². The van der Waals surface area contributed by atoms with E-state index in [2.05, 4.69) is 10.6 Å². The monoisotopic (exact) mass is 199 g/mol. The molecule has 0 aromatic heterocycles. The summed E-state index contributed by atoms with van der Waals surface area (Å²) in [4.78, 5) is 22.3. The van der Waals surface area contributed by atoms with Crippen LogP contribution in [-0.2, 0) is 9.59 Å². The number of carbonyl (C=O) groups excluding carboxylic acids is 2. The number of amides is 2. The minimum atomic E-state index is -0.448. The van der Waals surface area contributed by atoms with Gasteiger partial charge in [-0.1, -0.05) is 13.3 Å². The zero-order chi connectivity index (χ0) is 10.6. The van der Waals surface area contributed by atoms with Crippen molar-refractivity contribution in [3.63, 3.8) is 0 Å². The smallest absolute Gasteiger partial charge is 0.237 e. The van der Waals surface area contributed by atoms with Crippen LogP contribution in [0.3, 0.4) is 0 Å². The SMILES string of the molecule is CCC[C@@H](N)C(=O)NC1CNC(=O)C1. The summed E-state index contributed by atoms with van der Waals surface area (Å²) in [6.07, 6.45) is 1.93. The van der Waals surface area contributed by atoms with Gasteiger partial charge in [0.1, 0.15) is 0 Å². The van der Waals surface area contributed by atoms with Crippen LogP contribution in [0.4, 0.5) is 0 Å². The topological polar surface area (TPSA) is 84.2 Å². The predicted octanol–water partition coefficient (Wildman–Crippen LogP) is -0.881. The Morgan fingerprint density at radius 2 is 2.50 bits per heavy atom. The van der Waals surface area contributed by atoms with Gasteiger partial charge in [-0.25, -0.2) is 0 Å². The standard InChI is InChI=1S/C9H17N3O2/c1-2-3-7(10)9(14)12-6-4-8(13)11-5-6/h6-7H,2-5,10H2,1H3,(H,11,13)(H,12,14)/t6?,7-/m1/s1. The van der Waals surface area contributed by atoms with Gasteiger partial charge < -0.3 is 16.4 Å². The van der Waals surface area contributed by atoms with Gasteiger partial charge in [-0.15, -0.1) is 0 Å². The molecule has 0 saturated carbocycles. The first kappa shape index (κ1) is 11.0. The highest BCUT2D eigenvalue weighted by molar-refractivity contribution is 5.84. The molecule has 1 heterocycles. The molecule has 1 rings (SSSR count). The minimum absolute atomic E-state index is 0.0145. The van der Waals surface area contributed by atoms with Crippen molar-refractivity contribution in [3.8, 4) is 0 Å². The third-order valence-corrected chi connectivity index (χ3v) is 2.26. The summed E-state index contributed by atoms with van der Waals surface area (Å²) in [5, 5.41) is 5.40. The molecule has 0 spiro atoms. The van der Waals surface area contributed by atoms with E-state index in [9.17, 15) is 9.59 Å². The molecule has 1 saturated heterocycles. The van der Waals surface area contributed by atoms with Crippen molar-refractivity contribution < 1.29 is 9.59 Å². The summed E-state index contributed by atoms with van der Waals surface area (Å²) in [7, 11) is 0. The van der Waals surface area contributed by atoms with Crippen LogP contribution in [0.1, 0.15) is 26.2 Å². The third-order valence-electron chi connectivity index (χ3n) is 2.26. The lowest BCUT2D eigenvalue weighted by atomic mass is 10.1. The molecule has 5 nitrogen and oxygen atoms in total. The van der Waals surface area contributed by atoms with Crippen molar-refractivity contribution in [1.82, 2.24) is 10.6 Å². The van der Waals surface area contributed by atoms with Gasteiger partial charge in [0, 0.05) is 13.0 Å². The highest BCUT2D eigenvalue weighted by Crippen LogP contribution is 2.00. The van der Waals surface area contributed by atoms with Crippen molar-refractivity contribution >= 4 is 11.8 Å². The lowest BCUT2D eigenvalue weighted by Crippen LogP contribution is -2.46. The zero-order valence-corrected chi connectivity index (χ0v) is 8.38. The van der Waals surface area contributed by atoms with Crippen LogP contribution < -0.4 is 16.4 Å². The summed E-state index contributed by atoms with van der Waals surface area (Å²) >= 11 is 0. The maximum Gasteiger partial charge on any atom is 0.237 e. The van der Waals surface area contributed by atoms with E-state index in [0.29, 0.717) is 19.4 Å². The molecule has 80 valence electrons. The van der Waals surface area contributed by atoms with Gasteiger partial charge in [0.05, 0.1) is 12.1 Å². The van der Waals surface area contributed by atoms with Crippen LogP contribution in [0.5, 0.6) is 0 Å². The Kier molecular flexibility index (Phi) is 3.88. The van der Waals surface area contributed by atoms with E-state index < -0.39 is 6.04 Å². The van der Waals surface area contributed by atoms with Gasteiger partial charge in [-0.3, -0.25) is 9.59 Å². The second-order valence-corrected chi connectivity index (χ2v) is 3.61. The van der Waals surface area contributed by atoms with E-state index in [1.807, 2.05) is 6.92 Å². The van der Waals surface area contributed by atoms with Crippen molar-refractivity contribution in [2.75, 3.05) is 6.54 Å². The first-order valence-corrected chi connectivity index (χ1v) is 4.96. The molecule has 0 radical (unpaired) electrons. The molecule has 1 fully saturated rings. The largest absolute Gasteiger partial charge is 0.354 e. The average Bonchev–Trinajstić information content (AvgIpc) is 2.51. The van der Waals surface area contributed by atoms with Crippen molar-refractivity contribution in [1.29, 1.82) is 0 Å². The van der Waals surface area contributed by atoms with E-state index in [4.69, 9.17) is 5.73 Å². The molecule has 0 aromatic carbocycles. The maximum absolute atomic E-state index is 11.4. The molecule has 4 N–H and O–H groups in total. The normalized spacial score (nSPS) is 23.0. The number of rotatable bonds is 4. The second-order valence-electron chi connectivity index (χ2n) is 3.61. The average molecular weight is 199 g/mol. The highest BCUT2D eigenvalue weighted by atomic mass is 16.2. The number of nitrogens with one attached hydrogen (secondary N) is 2. The van der Waals surface area contributed by atoms with Crippen LogP contribution >= 0.6 is 0 Å². The first-order chi connectivity index (χ1) is 6.63. The highest BCUT2D eigenvalue weighted by Gasteiger charge is 2.24. The Morgan fingerprint density at radius 3 is 3.00 bits per heavy atom. The predicted molar refractivity (Wildman–Crippen MR) is 52.4 cm³/mol. The summed E-state index contributed by atoms with van der Waals surface area (Å²) in [6.45, 7) is 2.50. The molecule has 0 aliphatic carbocycles. The fourth-order valence-corrected chi connectivity index (χ4v) is 1.46. The van der Waals surface area contributed by atoms with Gasteiger partial charge in [0.25, 0.3) is 0 Å². The molecule has 14 heavy (non-hydrogen) atoms. The molecule has 2 amide bonds. The molecular weight excluding hydrogens is 182 g/mol. The van der Waals surface area contributed by atoms with Gasteiger partial charge in [-0.05, 0) is 6.42 Å².